The third-order valence-corrected chi connectivity index (χ3v) is 5.52. The molecule has 0 saturated heterocycles. The van der Waals surface area contributed by atoms with Gasteiger partial charge in [0.2, 0.25) is 0 Å². The summed E-state index contributed by atoms with van der Waals surface area (Å²) >= 11 is 1.67. The molecule has 5 nitrogen and oxygen atoms in total. The molecule has 0 bridgehead atoms. The number of pyridine rings is 1. The molecule has 1 aliphatic heterocycles. The van der Waals surface area contributed by atoms with Gasteiger partial charge in [-0.2, -0.15) is 0 Å². The molecule has 162 valence electrons. The van der Waals surface area contributed by atoms with Crippen LogP contribution >= 0.6 is 22.6 Å². The van der Waals surface area contributed by atoms with Crippen molar-refractivity contribution in [3.8, 4) is 11.1 Å². The number of nitrogens with one attached hydrogen (secondary N) is 1. The molecule has 0 radical (unpaired) electrons. The van der Waals surface area contributed by atoms with E-state index in [-0.39, 0.29) is 19.0 Å². The summed E-state index contributed by atoms with van der Waals surface area (Å²) < 4.78 is 38.6. The molecule has 4 rings (SSSR count). The summed E-state index contributed by atoms with van der Waals surface area (Å²) in [5, 5.41) is 2.91. The van der Waals surface area contributed by atoms with Crippen molar-refractivity contribution in [2.24, 2.45) is 0 Å². The number of hydrogen-bond donors (Lipinski definition) is 1. The van der Waals surface area contributed by atoms with Crippen molar-refractivity contribution in [2.45, 2.75) is 30.2 Å². The Kier molecular flexibility index (Phi) is 6.49. The predicted octanol–water partition coefficient (Wildman–Crippen LogP) is 5.11. The Morgan fingerprint density at radius 1 is 1.10 bits per heavy atom. The van der Waals surface area contributed by atoms with Crippen molar-refractivity contribution in [3.05, 3.63) is 71.7 Å². The molecule has 1 unspecified atom stereocenters. The highest BCUT2D eigenvalue weighted by Crippen LogP contribution is 2.29. The molecule has 1 atom stereocenters. The Morgan fingerprint density at radius 2 is 1.87 bits per heavy atom. The van der Waals surface area contributed by atoms with Crippen LogP contribution in [0.3, 0.4) is 0 Å². The first kappa shape index (κ1) is 21.7. The van der Waals surface area contributed by atoms with Gasteiger partial charge < -0.3 is 14.8 Å². The molecule has 0 saturated carbocycles. The molecule has 0 fully saturated rings. The van der Waals surface area contributed by atoms with Gasteiger partial charge in [-0.1, -0.05) is 24.3 Å². The smallest absolute Gasteiger partial charge is 0.258 e. The molecule has 0 spiro atoms. The molecule has 1 N–H and O–H groups in total. The average Bonchev–Trinajstić information content (AvgIpc) is 3.31. The van der Waals surface area contributed by atoms with E-state index in [9.17, 15) is 18.0 Å². The van der Waals surface area contributed by atoms with Gasteiger partial charge in [0.05, 0.1) is 18.7 Å². The number of aromatic nitrogens is 2. The molecule has 9 heteroatoms. The minimum atomic E-state index is -2.39. The zero-order valence-corrected chi connectivity index (χ0v) is 18.6. The van der Waals surface area contributed by atoms with Crippen molar-refractivity contribution < 1.29 is 18.0 Å². The Balaban J connectivity index is 1.44. The second-order valence-corrected chi connectivity index (χ2v) is 8.66. The molecular weight excluding hydrogens is 520 g/mol. The second kappa shape index (κ2) is 9.29. The molecule has 3 aromatic rings. The Bertz CT molecular complexity index is 1070. The molecular formula is C22H20F3IN4O. The summed E-state index contributed by atoms with van der Waals surface area (Å²) in [6.07, 6.45) is 2.56. The highest BCUT2D eigenvalue weighted by molar-refractivity contribution is 14.1. The largest absolute Gasteiger partial charge is 0.366 e. The maximum atomic E-state index is 13.2. The van der Waals surface area contributed by atoms with Gasteiger partial charge in [0.25, 0.3) is 12.3 Å². The van der Waals surface area contributed by atoms with E-state index in [1.54, 1.807) is 52.1 Å². The number of fused-ring (bicyclic) bond motifs is 1. The molecule has 2 aromatic heterocycles. The fourth-order valence-electron chi connectivity index (χ4n) is 3.65. The van der Waals surface area contributed by atoms with Crippen molar-refractivity contribution in [3.63, 3.8) is 0 Å². The van der Waals surface area contributed by atoms with E-state index < -0.39 is 10.6 Å². The van der Waals surface area contributed by atoms with Crippen LogP contribution in [-0.2, 0) is 19.6 Å². The van der Waals surface area contributed by atoms with Crippen LogP contribution < -0.4 is 5.32 Å². The van der Waals surface area contributed by atoms with Crippen LogP contribution in [0.1, 0.15) is 21.5 Å². The van der Waals surface area contributed by atoms with Crippen LogP contribution in [0, 0.1) is 0 Å². The minimum absolute atomic E-state index is 0.0811. The lowest BCUT2D eigenvalue weighted by Crippen LogP contribution is -2.24. The van der Waals surface area contributed by atoms with Crippen LogP contribution in [0.15, 0.2) is 55.0 Å². The number of halogens is 4. The third-order valence-electron chi connectivity index (χ3n) is 5.08. The normalized spacial score (nSPS) is 14.2. The number of rotatable bonds is 8. The van der Waals surface area contributed by atoms with E-state index >= 15 is 0 Å². The summed E-state index contributed by atoms with van der Waals surface area (Å²) in [5.74, 6) is 0.274. The lowest BCUT2D eigenvalue weighted by Gasteiger charge is -2.16. The molecule has 3 heterocycles. The van der Waals surface area contributed by atoms with Gasteiger partial charge in [-0.3, -0.25) is 4.79 Å². The summed E-state index contributed by atoms with van der Waals surface area (Å²) in [4.78, 5) is 18.9. The average molecular weight is 540 g/mol. The summed E-state index contributed by atoms with van der Waals surface area (Å²) in [5.41, 5.74) is 4.10. The maximum Gasteiger partial charge on any atom is 0.258 e. The first-order valence-corrected chi connectivity index (χ1v) is 11.0. The van der Waals surface area contributed by atoms with Gasteiger partial charge in [-0.05, 0) is 57.0 Å². The Labute approximate surface area is 191 Å². The number of carbonyl (C=O) groups is 1. The number of carbonyl (C=O) groups excluding carboxylic acids is 1. The first-order valence-electron chi connectivity index (χ1n) is 9.73. The SMILES string of the molecule is O=C1c2c(ccnc2NCC(F)I)CN1Cc1ccc(-c2ccn(CC(F)F)c2)cc1. The van der Waals surface area contributed by atoms with E-state index in [1.165, 1.54) is 4.57 Å². The van der Waals surface area contributed by atoms with Crippen LogP contribution in [-0.4, -0.2) is 37.5 Å². The molecule has 0 aliphatic carbocycles. The molecule has 1 aliphatic rings. The minimum Gasteiger partial charge on any atom is -0.366 e. The van der Waals surface area contributed by atoms with E-state index in [4.69, 9.17) is 0 Å². The highest BCUT2D eigenvalue weighted by Gasteiger charge is 2.30. The van der Waals surface area contributed by atoms with E-state index in [0.29, 0.717) is 24.5 Å². The Morgan fingerprint density at radius 3 is 2.58 bits per heavy atom. The zero-order chi connectivity index (χ0) is 22.0. The zero-order valence-electron chi connectivity index (χ0n) is 16.4. The lowest BCUT2D eigenvalue weighted by molar-refractivity contribution is 0.0767. The number of amides is 1. The van der Waals surface area contributed by atoms with Gasteiger partial charge in [0.1, 0.15) is 5.82 Å². The van der Waals surface area contributed by atoms with E-state index in [0.717, 1.165) is 22.3 Å². The molecule has 1 amide bonds. The summed E-state index contributed by atoms with van der Waals surface area (Å²) in [6, 6.07) is 11.3. The molecule has 1 aromatic carbocycles. The van der Waals surface area contributed by atoms with Gasteiger partial charge in [-0.25, -0.2) is 18.2 Å². The van der Waals surface area contributed by atoms with E-state index in [1.807, 2.05) is 30.3 Å². The van der Waals surface area contributed by atoms with Gasteiger partial charge >= 0.3 is 0 Å². The second-order valence-electron chi connectivity index (χ2n) is 7.31. The summed E-state index contributed by atoms with van der Waals surface area (Å²) in [6.45, 7) is 0.646. The quantitative estimate of drug-likeness (QED) is 0.319. The Hall–Kier alpha value is -2.56. The van der Waals surface area contributed by atoms with Crippen molar-refractivity contribution in [1.29, 1.82) is 0 Å². The lowest BCUT2D eigenvalue weighted by atomic mass is 10.1. The topological polar surface area (TPSA) is 50.2 Å². The third kappa shape index (κ3) is 5.03. The number of alkyl halides is 4. The maximum absolute atomic E-state index is 13.2. The number of benzene rings is 1. The fraction of sp³-hybridized carbons (Fsp3) is 0.273. The van der Waals surface area contributed by atoms with Gasteiger partial charge in [0, 0.05) is 31.7 Å². The predicted molar refractivity (Wildman–Crippen MR) is 121 cm³/mol. The van der Waals surface area contributed by atoms with Crippen molar-refractivity contribution in [2.75, 3.05) is 11.9 Å². The highest BCUT2D eigenvalue weighted by atomic mass is 127. The standard InChI is InChI=1S/C22H20F3IN4O/c23-18(24)13-29-8-6-16(11-29)15-3-1-14(2-4-15)10-30-12-17-5-7-27-21(20(17)22(30)31)28-9-19(25)26/h1-8,11,18-19H,9-10,12-13H2,(H,27,28). The van der Waals surface area contributed by atoms with Crippen LogP contribution in [0.25, 0.3) is 11.1 Å². The number of hydrogen-bond acceptors (Lipinski definition) is 3. The monoisotopic (exact) mass is 540 g/mol. The van der Waals surface area contributed by atoms with Crippen molar-refractivity contribution >= 4 is 34.3 Å². The first-order chi connectivity index (χ1) is 14.9. The van der Waals surface area contributed by atoms with Gasteiger partial charge in [0.15, 0.2) is 4.18 Å². The van der Waals surface area contributed by atoms with Crippen LogP contribution in [0.5, 0.6) is 0 Å². The van der Waals surface area contributed by atoms with Crippen LogP contribution in [0.2, 0.25) is 0 Å². The number of anilines is 1. The van der Waals surface area contributed by atoms with Crippen molar-refractivity contribution in [1.82, 2.24) is 14.5 Å². The summed E-state index contributed by atoms with van der Waals surface area (Å²) in [7, 11) is 0. The van der Waals surface area contributed by atoms with Crippen LogP contribution in [0.4, 0.5) is 19.0 Å². The molecule has 31 heavy (non-hydrogen) atoms. The van der Waals surface area contributed by atoms with E-state index in [2.05, 4.69) is 10.3 Å². The fourth-order valence-corrected chi connectivity index (χ4v) is 3.87. The van der Waals surface area contributed by atoms with Gasteiger partial charge in [-0.15, -0.1) is 0 Å². The number of nitrogens with zero attached hydrogens (tertiary/aromatic N) is 3.